The summed E-state index contributed by atoms with van der Waals surface area (Å²) in [6.45, 7) is 1.09. The van der Waals surface area contributed by atoms with Crippen molar-refractivity contribution < 1.29 is 18.3 Å². The highest BCUT2D eigenvalue weighted by Crippen LogP contribution is 2.16. The number of alkyl halides is 3. The molecule has 0 saturated carbocycles. The van der Waals surface area contributed by atoms with Gasteiger partial charge in [-0.1, -0.05) is 6.92 Å². The van der Waals surface area contributed by atoms with Crippen molar-refractivity contribution in [2.45, 2.75) is 19.1 Å². The van der Waals surface area contributed by atoms with Gasteiger partial charge in [-0.15, -0.1) is 0 Å². The van der Waals surface area contributed by atoms with Gasteiger partial charge >= 0.3 is 6.18 Å². The van der Waals surface area contributed by atoms with Crippen LogP contribution in [0.3, 0.4) is 0 Å². The first kappa shape index (κ1) is 13.7. The zero-order valence-corrected chi connectivity index (χ0v) is 8.43. The minimum Gasteiger partial charge on any atom is -0.395 e. The van der Waals surface area contributed by atoms with Gasteiger partial charge in [0, 0.05) is 12.6 Å². The van der Waals surface area contributed by atoms with Crippen LogP contribution in [-0.2, 0) is 0 Å². The molecule has 0 aromatic heterocycles. The fraction of sp³-hybridized carbons (Fsp3) is 1.00. The zero-order chi connectivity index (χ0) is 11.2. The molecule has 0 fully saturated rings. The summed E-state index contributed by atoms with van der Waals surface area (Å²) in [6, 6.07) is -0.308. The smallest absolute Gasteiger partial charge is 0.395 e. The zero-order valence-electron chi connectivity index (χ0n) is 8.43. The highest BCUT2D eigenvalue weighted by molar-refractivity contribution is 4.70. The second kappa shape index (κ2) is 6.21. The fourth-order valence-corrected chi connectivity index (χ4v) is 1.11. The molecule has 0 amide bonds. The number of hydrogen-bond donors (Lipinski definition) is 2. The van der Waals surface area contributed by atoms with Gasteiger partial charge in [-0.3, -0.25) is 4.90 Å². The van der Waals surface area contributed by atoms with Crippen molar-refractivity contribution in [1.82, 2.24) is 10.2 Å². The molecule has 3 nitrogen and oxygen atoms in total. The maximum atomic E-state index is 12.0. The number of hydrogen-bond acceptors (Lipinski definition) is 3. The summed E-state index contributed by atoms with van der Waals surface area (Å²) in [5, 5.41) is 11.5. The molecular weight excluding hydrogens is 197 g/mol. The maximum Gasteiger partial charge on any atom is 0.401 e. The molecule has 0 spiro atoms. The predicted molar refractivity (Wildman–Crippen MR) is 48.1 cm³/mol. The SMILES string of the molecule is CCN(CC(CO)NC)CC(F)(F)F. The van der Waals surface area contributed by atoms with Crippen LogP contribution in [0.1, 0.15) is 6.92 Å². The standard InChI is InChI=1S/C8H17F3N2O/c1-3-13(6-8(9,10)11)4-7(5-14)12-2/h7,12,14H,3-6H2,1-2H3. The van der Waals surface area contributed by atoms with E-state index in [4.69, 9.17) is 5.11 Å². The summed E-state index contributed by atoms with van der Waals surface area (Å²) in [6.07, 6.45) is -4.18. The van der Waals surface area contributed by atoms with E-state index in [1.165, 1.54) is 4.90 Å². The largest absolute Gasteiger partial charge is 0.401 e. The molecule has 2 N–H and O–H groups in total. The molecular formula is C8H17F3N2O. The number of nitrogens with one attached hydrogen (secondary N) is 1. The van der Waals surface area contributed by atoms with Crippen molar-refractivity contribution >= 4 is 0 Å². The Morgan fingerprint density at radius 1 is 1.43 bits per heavy atom. The summed E-state index contributed by atoms with van der Waals surface area (Å²) < 4.78 is 36.1. The molecule has 0 aliphatic carbocycles. The van der Waals surface area contributed by atoms with Crippen LogP contribution in [0.4, 0.5) is 13.2 Å². The van der Waals surface area contributed by atoms with Crippen molar-refractivity contribution in [3.63, 3.8) is 0 Å². The lowest BCUT2D eigenvalue weighted by molar-refractivity contribution is -0.146. The number of aliphatic hydroxyl groups is 1. The Kier molecular flexibility index (Phi) is 6.06. The molecule has 0 rings (SSSR count). The molecule has 1 unspecified atom stereocenters. The van der Waals surface area contributed by atoms with Gasteiger partial charge in [0.15, 0.2) is 0 Å². The van der Waals surface area contributed by atoms with E-state index in [-0.39, 0.29) is 19.2 Å². The normalized spacial score (nSPS) is 14.8. The topological polar surface area (TPSA) is 35.5 Å². The minimum atomic E-state index is -4.18. The second-order valence-corrected chi connectivity index (χ2v) is 3.11. The van der Waals surface area contributed by atoms with E-state index in [1.807, 2.05) is 0 Å². The number of nitrogens with zero attached hydrogens (tertiary/aromatic N) is 1. The van der Waals surface area contributed by atoms with Gasteiger partial charge in [-0.2, -0.15) is 13.2 Å². The first-order valence-electron chi connectivity index (χ1n) is 4.50. The number of likely N-dealkylation sites (N-methyl/N-ethyl adjacent to an activating group) is 2. The Hall–Kier alpha value is -0.330. The average molecular weight is 214 g/mol. The quantitative estimate of drug-likeness (QED) is 0.674. The predicted octanol–water partition coefficient (Wildman–Crippen LogP) is 0.451. The molecule has 0 aliphatic rings. The van der Waals surface area contributed by atoms with E-state index in [2.05, 4.69) is 5.32 Å². The van der Waals surface area contributed by atoms with Gasteiger partial charge < -0.3 is 10.4 Å². The molecule has 0 radical (unpaired) electrons. The second-order valence-electron chi connectivity index (χ2n) is 3.11. The van der Waals surface area contributed by atoms with Crippen LogP contribution in [-0.4, -0.2) is 55.5 Å². The Morgan fingerprint density at radius 2 is 2.00 bits per heavy atom. The van der Waals surface area contributed by atoms with Gasteiger partial charge in [-0.05, 0) is 13.6 Å². The van der Waals surface area contributed by atoms with Gasteiger partial charge in [-0.25, -0.2) is 0 Å². The van der Waals surface area contributed by atoms with Gasteiger partial charge in [0.25, 0.3) is 0 Å². The van der Waals surface area contributed by atoms with Crippen molar-refractivity contribution in [2.24, 2.45) is 0 Å². The van der Waals surface area contributed by atoms with Crippen molar-refractivity contribution in [1.29, 1.82) is 0 Å². The van der Waals surface area contributed by atoms with Crippen LogP contribution < -0.4 is 5.32 Å². The summed E-state index contributed by atoms with van der Waals surface area (Å²) in [5.41, 5.74) is 0. The van der Waals surface area contributed by atoms with Gasteiger partial charge in [0.1, 0.15) is 0 Å². The monoisotopic (exact) mass is 214 g/mol. The molecule has 0 heterocycles. The number of halogens is 3. The van der Waals surface area contributed by atoms with E-state index < -0.39 is 12.7 Å². The van der Waals surface area contributed by atoms with Crippen molar-refractivity contribution in [3.8, 4) is 0 Å². The first-order valence-corrected chi connectivity index (χ1v) is 4.50. The highest BCUT2D eigenvalue weighted by atomic mass is 19.4. The minimum absolute atomic E-state index is 0.162. The van der Waals surface area contributed by atoms with E-state index in [9.17, 15) is 13.2 Å². The van der Waals surface area contributed by atoms with Crippen LogP contribution in [0.15, 0.2) is 0 Å². The third-order valence-electron chi connectivity index (χ3n) is 1.96. The summed E-state index contributed by atoms with van der Waals surface area (Å²) in [7, 11) is 1.61. The first-order chi connectivity index (χ1) is 6.42. The molecule has 0 aliphatic heterocycles. The van der Waals surface area contributed by atoms with Gasteiger partial charge in [0.05, 0.1) is 13.2 Å². The van der Waals surface area contributed by atoms with E-state index in [0.717, 1.165) is 0 Å². The Morgan fingerprint density at radius 3 is 2.29 bits per heavy atom. The Labute approximate surface area is 81.9 Å². The molecule has 0 saturated heterocycles. The van der Waals surface area contributed by atoms with Crippen molar-refractivity contribution in [2.75, 3.05) is 33.3 Å². The third kappa shape index (κ3) is 6.17. The van der Waals surface area contributed by atoms with Crippen LogP contribution in [0.25, 0.3) is 0 Å². The number of rotatable bonds is 6. The van der Waals surface area contributed by atoms with Crippen LogP contribution >= 0.6 is 0 Å². The maximum absolute atomic E-state index is 12.0. The van der Waals surface area contributed by atoms with E-state index >= 15 is 0 Å². The molecule has 0 aromatic carbocycles. The molecule has 6 heteroatoms. The summed E-state index contributed by atoms with van der Waals surface area (Å²) in [4.78, 5) is 1.25. The lowest BCUT2D eigenvalue weighted by atomic mass is 10.3. The summed E-state index contributed by atoms with van der Waals surface area (Å²) >= 11 is 0. The van der Waals surface area contributed by atoms with Crippen LogP contribution in [0.5, 0.6) is 0 Å². The highest BCUT2D eigenvalue weighted by Gasteiger charge is 2.30. The Bertz CT molecular complexity index is 148. The lowest BCUT2D eigenvalue weighted by Gasteiger charge is -2.25. The molecule has 86 valence electrons. The van der Waals surface area contributed by atoms with E-state index in [1.54, 1.807) is 14.0 Å². The fourth-order valence-electron chi connectivity index (χ4n) is 1.11. The molecule has 0 aromatic rings. The number of aliphatic hydroxyl groups excluding tert-OH is 1. The Balaban J connectivity index is 4.01. The lowest BCUT2D eigenvalue weighted by Crippen LogP contribution is -2.45. The average Bonchev–Trinajstić information content (AvgIpc) is 2.10. The van der Waals surface area contributed by atoms with Crippen LogP contribution in [0, 0.1) is 0 Å². The molecule has 0 bridgehead atoms. The van der Waals surface area contributed by atoms with Crippen molar-refractivity contribution in [3.05, 3.63) is 0 Å². The third-order valence-corrected chi connectivity index (χ3v) is 1.96. The molecule has 14 heavy (non-hydrogen) atoms. The van der Waals surface area contributed by atoms with Gasteiger partial charge in [0.2, 0.25) is 0 Å². The van der Waals surface area contributed by atoms with E-state index in [0.29, 0.717) is 6.54 Å². The van der Waals surface area contributed by atoms with Crippen LogP contribution in [0.2, 0.25) is 0 Å². The summed E-state index contributed by atoms with van der Waals surface area (Å²) in [5.74, 6) is 0. The molecule has 1 atom stereocenters.